The molecule has 0 fully saturated rings. The highest BCUT2D eigenvalue weighted by Gasteiger charge is 2.03. The topological polar surface area (TPSA) is 44.4 Å². The van der Waals surface area contributed by atoms with E-state index < -0.39 is 0 Å². The minimum Gasteiger partial charge on any atom is -0.378 e. The van der Waals surface area contributed by atoms with Gasteiger partial charge in [-0.3, -0.25) is 0 Å². The zero-order valence-electron chi connectivity index (χ0n) is 13.5. The van der Waals surface area contributed by atoms with Crippen LogP contribution in [0, 0.1) is 0 Å². The van der Waals surface area contributed by atoms with Crippen LogP contribution in [0.1, 0.15) is 11.1 Å². The maximum atomic E-state index is 11.8. The first-order chi connectivity index (χ1) is 11.1. The highest BCUT2D eigenvalue weighted by atomic mass is 35.5. The van der Waals surface area contributed by atoms with Gasteiger partial charge in [0.1, 0.15) is 0 Å². The molecule has 2 aromatic rings. The molecule has 0 heterocycles. The summed E-state index contributed by atoms with van der Waals surface area (Å²) in [4.78, 5) is 13.8. The maximum Gasteiger partial charge on any atom is 0.315 e. The van der Waals surface area contributed by atoms with Crippen LogP contribution in [0.2, 0.25) is 5.02 Å². The van der Waals surface area contributed by atoms with Crippen LogP contribution in [0.3, 0.4) is 0 Å². The second-order valence-corrected chi connectivity index (χ2v) is 5.92. The van der Waals surface area contributed by atoms with Crippen LogP contribution < -0.4 is 15.5 Å². The largest absolute Gasteiger partial charge is 0.378 e. The molecule has 2 N–H and O–H groups in total. The van der Waals surface area contributed by atoms with E-state index in [0.29, 0.717) is 18.1 Å². The minimum atomic E-state index is -0.185. The molecule has 0 aromatic heterocycles. The zero-order valence-corrected chi connectivity index (χ0v) is 14.2. The first-order valence-corrected chi connectivity index (χ1v) is 7.95. The maximum absolute atomic E-state index is 11.8. The summed E-state index contributed by atoms with van der Waals surface area (Å²) in [5.41, 5.74) is 3.27. The van der Waals surface area contributed by atoms with Crippen molar-refractivity contribution < 1.29 is 4.79 Å². The smallest absolute Gasteiger partial charge is 0.315 e. The Morgan fingerprint density at radius 3 is 2.39 bits per heavy atom. The average Bonchev–Trinajstić information content (AvgIpc) is 2.54. The number of carbonyl (C=O) groups excluding carboxylic acids is 1. The molecular formula is C18H22ClN3O. The summed E-state index contributed by atoms with van der Waals surface area (Å²) in [6.07, 6.45) is 0.799. The number of amides is 2. The van der Waals surface area contributed by atoms with Crippen molar-refractivity contribution in [3.63, 3.8) is 0 Å². The molecule has 2 aromatic carbocycles. The van der Waals surface area contributed by atoms with Gasteiger partial charge >= 0.3 is 6.03 Å². The Balaban J connectivity index is 1.71. The van der Waals surface area contributed by atoms with Crippen molar-refractivity contribution in [1.82, 2.24) is 10.6 Å². The van der Waals surface area contributed by atoms with E-state index in [0.717, 1.165) is 12.0 Å². The summed E-state index contributed by atoms with van der Waals surface area (Å²) in [5, 5.41) is 6.32. The molecule has 0 bridgehead atoms. The molecule has 0 radical (unpaired) electrons. The van der Waals surface area contributed by atoms with Gasteiger partial charge in [0, 0.05) is 37.9 Å². The van der Waals surface area contributed by atoms with Gasteiger partial charge in [-0.2, -0.15) is 0 Å². The van der Waals surface area contributed by atoms with Gasteiger partial charge < -0.3 is 15.5 Å². The monoisotopic (exact) mass is 331 g/mol. The van der Waals surface area contributed by atoms with Crippen LogP contribution in [0.15, 0.2) is 48.5 Å². The second-order valence-electron chi connectivity index (χ2n) is 5.51. The van der Waals surface area contributed by atoms with Gasteiger partial charge in [-0.15, -0.1) is 0 Å². The molecule has 0 aliphatic rings. The summed E-state index contributed by atoms with van der Waals surface area (Å²) in [7, 11) is 4.03. The quantitative estimate of drug-likeness (QED) is 0.851. The number of anilines is 1. The lowest BCUT2D eigenvalue weighted by atomic mass is 10.1. The van der Waals surface area contributed by atoms with Gasteiger partial charge in [-0.25, -0.2) is 4.79 Å². The first-order valence-electron chi connectivity index (χ1n) is 7.57. The van der Waals surface area contributed by atoms with Gasteiger partial charge in [-0.1, -0.05) is 41.9 Å². The third kappa shape index (κ3) is 5.49. The lowest BCUT2D eigenvalue weighted by Crippen LogP contribution is -2.36. The number of carbonyl (C=O) groups is 1. The van der Waals surface area contributed by atoms with E-state index >= 15 is 0 Å². The molecule has 0 aliphatic heterocycles. The third-order valence-electron chi connectivity index (χ3n) is 3.55. The molecule has 23 heavy (non-hydrogen) atoms. The van der Waals surface area contributed by atoms with Gasteiger partial charge in [-0.05, 0) is 35.7 Å². The molecule has 4 nitrogen and oxygen atoms in total. The predicted octanol–water partition coefficient (Wildman–Crippen LogP) is 3.45. The van der Waals surface area contributed by atoms with Gasteiger partial charge in [0.2, 0.25) is 0 Å². The number of rotatable bonds is 6. The van der Waals surface area contributed by atoms with E-state index in [1.807, 2.05) is 38.4 Å². The Morgan fingerprint density at radius 1 is 1.04 bits per heavy atom. The number of halogens is 1. The number of benzene rings is 2. The normalized spacial score (nSPS) is 10.2. The SMILES string of the molecule is CN(C)c1ccc(CCNC(=O)NCc2ccccc2Cl)cc1. The van der Waals surface area contributed by atoms with Crippen molar-refractivity contribution in [1.29, 1.82) is 0 Å². The molecule has 122 valence electrons. The van der Waals surface area contributed by atoms with E-state index in [1.54, 1.807) is 0 Å². The predicted molar refractivity (Wildman–Crippen MR) is 96.2 cm³/mol. The highest BCUT2D eigenvalue weighted by molar-refractivity contribution is 6.31. The van der Waals surface area contributed by atoms with Crippen LogP contribution in [-0.2, 0) is 13.0 Å². The summed E-state index contributed by atoms with van der Waals surface area (Å²) in [5.74, 6) is 0. The van der Waals surface area contributed by atoms with E-state index in [1.165, 1.54) is 11.3 Å². The fourth-order valence-corrected chi connectivity index (χ4v) is 2.36. The molecule has 0 saturated carbocycles. The second kappa shape index (κ2) is 8.44. The van der Waals surface area contributed by atoms with Gasteiger partial charge in [0.15, 0.2) is 0 Å². The molecule has 0 unspecified atom stereocenters. The fourth-order valence-electron chi connectivity index (χ4n) is 2.16. The van der Waals surface area contributed by atoms with Gasteiger partial charge in [0.05, 0.1) is 0 Å². The molecule has 5 heteroatoms. The minimum absolute atomic E-state index is 0.185. The van der Waals surface area contributed by atoms with Crippen LogP contribution >= 0.6 is 11.6 Å². The molecule has 0 saturated heterocycles. The van der Waals surface area contributed by atoms with E-state index in [4.69, 9.17) is 11.6 Å². The zero-order chi connectivity index (χ0) is 16.7. The molecular weight excluding hydrogens is 310 g/mol. The lowest BCUT2D eigenvalue weighted by Gasteiger charge is -2.13. The van der Waals surface area contributed by atoms with E-state index in [9.17, 15) is 4.79 Å². The van der Waals surface area contributed by atoms with Crippen molar-refractivity contribution >= 4 is 23.3 Å². The number of nitrogens with zero attached hydrogens (tertiary/aromatic N) is 1. The van der Waals surface area contributed by atoms with Crippen molar-refractivity contribution in [2.24, 2.45) is 0 Å². The molecule has 2 rings (SSSR count). The number of nitrogens with one attached hydrogen (secondary N) is 2. The molecule has 2 amide bonds. The van der Waals surface area contributed by atoms with Crippen LogP contribution in [0.5, 0.6) is 0 Å². The standard InChI is InChI=1S/C18H22ClN3O/c1-22(2)16-9-7-14(8-10-16)11-12-20-18(23)21-13-15-5-3-4-6-17(15)19/h3-10H,11-13H2,1-2H3,(H2,20,21,23). The Bertz CT molecular complexity index is 641. The molecule has 0 atom stereocenters. The summed E-state index contributed by atoms with van der Waals surface area (Å²) in [6, 6.07) is 15.6. The van der Waals surface area contributed by atoms with Crippen molar-refractivity contribution in [3.8, 4) is 0 Å². The number of hydrogen-bond donors (Lipinski definition) is 2. The van der Waals surface area contributed by atoms with Crippen molar-refractivity contribution in [3.05, 3.63) is 64.7 Å². The van der Waals surface area contributed by atoms with Crippen molar-refractivity contribution in [2.75, 3.05) is 25.5 Å². The van der Waals surface area contributed by atoms with E-state index in [2.05, 4.69) is 39.8 Å². The Labute approximate surface area is 142 Å². The van der Waals surface area contributed by atoms with Crippen LogP contribution in [0.25, 0.3) is 0 Å². The fraction of sp³-hybridized carbons (Fsp3) is 0.278. The molecule has 0 spiro atoms. The van der Waals surface area contributed by atoms with Crippen molar-refractivity contribution in [2.45, 2.75) is 13.0 Å². The number of urea groups is 1. The van der Waals surface area contributed by atoms with Gasteiger partial charge in [0.25, 0.3) is 0 Å². The van der Waals surface area contributed by atoms with E-state index in [-0.39, 0.29) is 6.03 Å². The van der Waals surface area contributed by atoms with Crippen LogP contribution in [-0.4, -0.2) is 26.7 Å². The molecule has 0 aliphatic carbocycles. The Hall–Kier alpha value is -2.20. The third-order valence-corrected chi connectivity index (χ3v) is 3.92. The average molecular weight is 332 g/mol. The lowest BCUT2D eigenvalue weighted by molar-refractivity contribution is 0.240. The van der Waals surface area contributed by atoms with Crippen LogP contribution in [0.4, 0.5) is 10.5 Å². The first kappa shape index (κ1) is 17.2. The summed E-state index contributed by atoms with van der Waals surface area (Å²) >= 11 is 6.05. The summed E-state index contributed by atoms with van der Waals surface area (Å²) in [6.45, 7) is 1.01. The summed E-state index contributed by atoms with van der Waals surface area (Å²) < 4.78 is 0. The Morgan fingerprint density at radius 2 is 1.74 bits per heavy atom. The highest BCUT2D eigenvalue weighted by Crippen LogP contribution is 2.14. The Kier molecular flexibility index (Phi) is 6.29. The number of hydrogen-bond acceptors (Lipinski definition) is 2.